The third-order valence-corrected chi connectivity index (χ3v) is 4.71. The predicted molar refractivity (Wildman–Crippen MR) is 75.4 cm³/mol. The van der Waals surface area contributed by atoms with Gasteiger partial charge in [-0.25, -0.2) is 12.8 Å². The molecule has 4 nitrogen and oxygen atoms in total. The lowest BCUT2D eigenvalue weighted by Gasteiger charge is -2.24. The molecule has 1 fully saturated rings. The SMILES string of the molecule is COc1c(CC2CCCNC2)cc(F)cc1S(C)(=O)=O. The number of nitrogens with one attached hydrogen (secondary N) is 1. The molecule has 0 aliphatic carbocycles. The van der Waals surface area contributed by atoms with E-state index in [2.05, 4.69) is 5.32 Å². The van der Waals surface area contributed by atoms with Crippen LogP contribution in [0.1, 0.15) is 18.4 Å². The largest absolute Gasteiger partial charge is 0.495 e. The third kappa shape index (κ3) is 3.49. The average Bonchev–Trinajstić information content (AvgIpc) is 2.38. The van der Waals surface area contributed by atoms with Crippen molar-refractivity contribution in [3.8, 4) is 5.75 Å². The van der Waals surface area contributed by atoms with E-state index in [1.54, 1.807) is 0 Å². The van der Waals surface area contributed by atoms with E-state index >= 15 is 0 Å². The summed E-state index contributed by atoms with van der Waals surface area (Å²) in [5.74, 6) is 0.122. The predicted octanol–water partition coefficient (Wildman–Crippen LogP) is 1.78. The molecule has 1 unspecified atom stereocenters. The van der Waals surface area contributed by atoms with Gasteiger partial charge in [-0.15, -0.1) is 0 Å². The summed E-state index contributed by atoms with van der Waals surface area (Å²) in [6.07, 6.45) is 3.83. The second-order valence-corrected chi connectivity index (χ2v) is 7.27. The van der Waals surface area contributed by atoms with Crippen LogP contribution >= 0.6 is 0 Å². The summed E-state index contributed by atoms with van der Waals surface area (Å²) in [6.45, 7) is 1.87. The zero-order chi connectivity index (χ0) is 14.8. The van der Waals surface area contributed by atoms with E-state index in [1.165, 1.54) is 13.2 Å². The molecule has 1 heterocycles. The molecule has 0 saturated carbocycles. The smallest absolute Gasteiger partial charge is 0.179 e. The standard InChI is InChI=1S/C14H20FNO3S/c1-19-14-11(6-10-4-3-5-16-9-10)7-12(15)8-13(14)20(2,17)18/h7-8,10,16H,3-6,9H2,1-2H3. The Kier molecular flexibility index (Phi) is 4.65. The number of rotatable bonds is 4. The molecule has 20 heavy (non-hydrogen) atoms. The second kappa shape index (κ2) is 6.10. The lowest BCUT2D eigenvalue weighted by atomic mass is 9.92. The first kappa shape index (κ1) is 15.3. The topological polar surface area (TPSA) is 55.4 Å². The second-order valence-electron chi connectivity index (χ2n) is 5.28. The molecule has 1 aromatic rings. The molecule has 1 atom stereocenters. The van der Waals surface area contributed by atoms with Crippen LogP contribution in [0.25, 0.3) is 0 Å². The van der Waals surface area contributed by atoms with Gasteiger partial charge >= 0.3 is 0 Å². The van der Waals surface area contributed by atoms with Crippen LogP contribution in [0.15, 0.2) is 17.0 Å². The highest BCUT2D eigenvalue weighted by molar-refractivity contribution is 7.90. The molecule has 0 aromatic heterocycles. The Morgan fingerprint density at radius 2 is 2.20 bits per heavy atom. The van der Waals surface area contributed by atoms with Gasteiger partial charge in [0.15, 0.2) is 9.84 Å². The lowest BCUT2D eigenvalue weighted by Crippen LogP contribution is -2.31. The fourth-order valence-electron chi connectivity index (χ4n) is 2.69. The average molecular weight is 301 g/mol. The van der Waals surface area contributed by atoms with E-state index in [0.717, 1.165) is 38.3 Å². The first-order valence-electron chi connectivity index (χ1n) is 6.69. The van der Waals surface area contributed by atoms with Gasteiger partial charge in [-0.3, -0.25) is 0 Å². The van der Waals surface area contributed by atoms with Crippen molar-refractivity contribution >= 4 is 9.84 Å². The van der Waals surface area contributed by atoms with Gasteiger partial charge in [0.2, 0.25) is 0 Å². The van der Waals surface area contributed by atoms with E-state index in [0.29, 0.717) is 17.9 Å². The molecular formula is C14H20FNO3S. The van der Waals surface area contributed by atoms with Crippen LogP contribution in [0.5, 0.6) is 5.75 Å². The van der Waals surface area contributed by atoms with Crippen molar-refractivity contribution in [1.82, 2.24) is 5.32 Å². The highest BCUT2D eigenvalue weighted by Crippen LogP contribution is 2.32. The number of sulfone groups is 1. The minimum Gasteiger partial charge on any atom is -0.495 e. The van der Waals surface area contributed by atoms with E-state index in [9.17, 15) is 12.8 Å². The quantitative estimate of drug-likeness (QED) is 0.921. The third-order valence-electron chi connectivity index (χ3n) is 3.61. The van der Waals surface area contributed by atoms with Gasteiger partial charge in [-0.2, -0.15) is 0 Å². The molecular weight excluding hydrogens is 281 g/mol. The maximum absolute atomic E-state index is 13.7. The molecule has 112 valence electrons. The Morgan fingerprint density at radius 3 is 2.75 bits per heavy atom. The number of methoxy groups -OCH3 is 1. The van der Waals surface area contributed by atoms with E-state index in [4.69, 9.17) is 4.74 Å². The van der Waals surface area contributed by atoms with Crippen LogP contribution in [-0.2, 0) is 16.3 Å². The monoisotopic (exact) mass is 301 g/mol. The van der Waals surface area contributed by atoms with Crippen molar-refractivity contribution in [2.75, 3.05) is 26.5 Å². The Hall–Kier alpha value is -1.14. The molecule has 1 aromatic carbocycles. The maximum atomic E-state index is 13.7. The normalized spacial score (nSPS) is 19.9. The Bertz CT molecular complexity index is 580. The highest BCUT2D eigenvalue weighted by Gasteiger charge is 2.22. The van der Waals surface area contributed by atoms with Gasteiger partial charge < -0.3 is 10.1 Å². The molecule has 2 rings (SSSR count). The summed E-state index contributed by atoms with van der Waals surface area (Å²) in [5.41, 5.74) is 0.627. The lowest BCUT2D eigenvalue weighted by molar-refractivity contribution is 0.359. The number of hydrogen-bond donors (Lipinski definition) is 1. The molecule has 6 heteroatoms. The van der Waals surface area contributed by atoms with Crippen molar-refractivity contribution in [3.63, 3.8) is 0 Å². The number of halogens is 1. The zero-order valence-electron chi connectivity index (χ0n) is 11.8. The maximum Gasteiger partial charge on any atom is 0.179 e. The molecule has 0 spiro atoms. The first-order chi connectivity index (χ1) is 9.41. The fraction of sp³-hybridized carbons (Fsp3) is 0.571. The molecule has 0 amide bonds. The van der Waals surface area contributed by atoms with Crippen LogP contribution in [-0.4, -0.2) is 34.9 Å². The number of ether oxygens (including phenoxy) is 1. The van der Waals surface area contributed by atoms with Gasteiger partial charge in [0.25, 0.3) is 0 Å². The number of benzene rings is 1. The Morgan fingerprint density at radius 1 is 1.45 bits per heavy atom. The summed E-state index contributed by atoms with van der Waals surface area (Å²) >= 11 is 0. The van der Waals surface area contributed by atoms with Gasteiger partial charge in [0.1, 0.15) is 16.5 Å². The van der Waals surface area contributed by atoms with Gasteiger partial charge in [0.05, 0.1) is 7.11 Å². The number of hydrogen-bond acceptors (Lipinski definition) is 4. The molecule has 1 aliphatic rings. The van der Waals surface area contributed by atoms with Crippen molar-refractivity contribution < 1.29 is 17.5 Å². The summed E-state index contributed by atoms with van der Waals surface area (Å²) in [7, 11) is -2.09. The Balaban J connectivity index is 2.38. The zero-order valence-corrected chi connectivity index (χ0v) is 12.6. The van der Waals surface area contributed by atoms with Crippen LogP contribution in [0.3, 0.4) is 0 Å². The molecule has 1 N–H and O–H groups in total. The molecule has 0 bridgehead atoms. The van der Waals surface area contributed by atoms with Gasteiger partial charge in [-0.1, -0.05) is 0 Å². The highest BCUT2D eigenvalue weighted by atomic mass is 32.2. The minimum absolute atomic E-state index is 0.0706. The van der Waals surface area contributed by atoms with Crippen molar-refractivity contribution in [2.45, 2.75) is 24.2 Å². The van der Waals surface area contributed by atoms with Crippen LogP contribution in [0.2, 0.25) is 0 Å². The fourth-order valence-corrected chi connectivity index (χ4v) is 3.57. The van der Waals surface area contributed by atoms with Gasteiger partial charge in [0, 0.05) is 6.26 Å². The van der Waals surface area contributed by atoms with Crippen molar-refractivity contribution in [1.29, 1.82) is 0 Å². The minimum atomic E-state index is -3.51. The Labute approximate surface area is 119 Å². The van der Waals surface area contributed by atoms with Crippen LogP contribution in [0, 0.1) is 11.7 Å². The van der Waals surface area contributed by atoms with E-state index < -0.39 is 15.7 Å². The van der Waals surface area contributed by atoms with E-state index in [1.807, 2.05) is 0 Å². The summed E-state index contributed by atoms with van der Waals surface area (Å²) in [6, 6.07) is 2.40. The molecule has 1 saturated heterocycles. The molecule has 1 aliphatic heterocycles. The summed E-state index contributed by atoms with van der Waals surface area (Å²) in [5, 5.41) is 3.30. The summed E-state index contributed by atoms with van der Waals surface area (Å²) < 4.78 is 42.4. The van der Waals surface area contributed by atoms with Crippen molar-refractivity contribution in [2.24, 2.45) is 5.92 Å². The van der Waals surface area contributed by atoms with Gasteiger partial charge in [-0.05, 0) is 56.0 Å². The van der Waals surface area contributed by atoms with Crippen LogP contribution < -0.4 is 10.1 Å². The molecule has 0 radical (unpaired) electrons. The summed E-state index contributed by atoms with van der Waals surface area (Å²) in [4.78, 5) is -0.0706. The number of piperidine rings is 1. The first-order valence-corrected chi connectivity index (χ1v) is 8.58. The van der Waals surface area contributed by atoms with E-state index in [-0.39, 0.29) is 10.6 Å². The van der Waals surface area contributed by atoms with Crippen molar-refractivity contribution in [3.05, 3.63) is 23.5 Å². The van der Waals surface area contributed by atoms with Crippen LogP contribution in [0.4, 0.5) is 4.39 Å².